The van der Waals surface area contributed by atoms with E-state index in [9.17, 15) is 13.6 Å². The zero-order chi connectivity index (χ0) is 14.5. The van der Waals surface area contributed by atoms with Gasteiger partial charge in [-0.3, -0.25) is 4.79 Å². The zero-order valence-corrected chi connectivity index (χ0v) is 10.7. The predicted molar refractivity (Wildman–Crippen MR) is 73.0 cm³/mol. The molecule has 0 saturated carbocycles. The highest BCUT2D eigenvalue weighted by atomic mass is 19.1. The number of rotatable bonds is 4. The Bertz CT molecular complexity index is 609. The van der Waals surface area contributed by atoms with Crippen LogP contribution in [-0.4, -0.2) is 5.91 Å². The molecule has 0 saturated heterocycles. The lowest BCUT2D eigenvalue weighted by molar-refractivity contribution is -0.115. The Kier molecular flexibility index (Phi) is 4.42. The summed E-state index contributed by atoms with van der Waals surface area (Å²) in [7, 11) is 0. The molecule has 0 spiro atoms. The summed E-state index contributed by atoms with van der Waals surface area (Å²) in [6, 6.07) is 10.6. The Morgan fingerprint density at radius 1 is 1.00 bits per heavy atom. The highest BCUT2D eigenvalue weighted by Gasteiger charge is 2.13. The minimum absolute atomic E-state index is 0.0150. The van der Waals surface area contributed by atoms with Crippen LogP contribution in [0.5, 0.6) is 0 Å². The Labute approximate surface area is 115 Å². The van der Waals surface area contributed by atoms with Crippen molar-refractivity contribution in [3.05, 3.63) is 65.2 Å². The number of benzene rings is 2. The number of nitrogens with one attached hydrogen (secondary N) is 1. The molecule has 2 aromatic carbocycles. The minimum atomic E-state index is -0.800. The molecule has 0 aliphatic carbocycles. The first-order valence-corrected chi connectivity index (χ1v) is 6.12. The van der Waals surface area contributed by atoms with Crippen LogP contribution >= 0.6 is 0 Å². The summed E-state index contributed by atoms with van der Waals surface area (Å²) in [5.41, 5.74) is 6.72. The van der Waals surface area contributed by atoms with Gasteiger partial charge in [0, 0.05) is 6.54 Å². The average molecular weight is 276 g/mol. The summed E-state index contributed by atoms with van der Waals surface area (Å²) < 4.78 is 26.8. The van der Waals surface area contributed by atoms with Crippen molar-refractivity contribution in [2.75, 3.05) is 5.32 Å². The van der Waals surface area contributed by atoms with Crippen molar-refractivity contribution in [2.24, 2.45) is 5.73 Å². The van der Waals surface area contributed by atoms with E-state index in [1.54, 1.807) is 12.1 Å². The molecule has 0 fully saturated rings. The molecule has 1 amide bonds. The van der Waals surface area contributed by atoms with Crippen molar-refractivity contribution in [1.29, 1.82) is 0 Å². The normalized spacial score (nSPS) is 10.3. The first-order valence-electron chi connectivity index (χ1n) is 6.12. The van der Waals surface area contributed by atoms with Gasteiger partial charge < -0.3 is 11.1 Å². The van der Waals surface area contributed by atoms with Crippen LogP contribution < -0.4 is 11.1 Å². The third kappa shape index (κ3) is 3.19. The van der Waals surface area contributed by atoms with Gasteiger partial charge in [0.25, 0.3) is 0 Å². The molecular weight excluding hydrogens is 262 g/mol. The molecule has 3 N–H and O–H groups in total. The second kappa shape index (κ2) is 6.25. The topological polar surface area (TPSA) is 55.1 Å². The van der Waals surface area contributed by atoms with Crippen LogP contribution in [0.2, 0.25) is 0 Å². The van der Waals surface area contributed by atoms with Gasteiger partial charge in [0.2, 0.25) is 5.91 Å². The molecule has 2 rings (SSSR count). The number of hydrogen-bond acceptors (Lipinski definition) is 2. The number of carbonyl (C=O) groups is 1. The number of anilines is 1. The number of amides is 1. The second-order valence-electron chi connectivity index (χ2n) is 4.29. The van der Waals surface area contributed by atoms with Crippen LogP contribution in [0.15, 0.2) is 42.5 Å². The van der Waals surface area contributed by atoms with Gasteiger partial charge in [-0.2, -0.15) is 0 Å². The molecule has 0 atom stereocenters. The smallest absolute Gasteiger partial charge is 0.228 e. The lowest BCUT2D eigenvalue weighted by Crippen LogP contribution is -2.17. The van der Waals surface area contributed by atoms with E-state index < -0.39 is 23.2 Å². The van der Waals surface area contributed by atoms with Crippen molar-refractivity contribution in [3.63, 3.8) is 0 Å². The molecule has 0 unspecified atom stereocenters. The largest absolute Gasteiger partial charge is 0.326 e. The van der Waals surface area contributed by atoms with Crippen molar-refractivity contribution < 1.29 is 13.6 Å². The lowest BCUT2D eigenvalue weighted by atomic mass is 10.0. The molecule has 0 bridgehead atoms. The molecule has 0 aliphatic rings. The fourth-order valence-corrected chi connectivity index (χ4v) is 1.90. The highest BCUT2D eigenvalue weighted by molar-refractivity contribution is 5.92. The minimum Gasteiger partial charge on any atom is -0.326 e. The van der Waals surface area contributed by atoms with Gasteiger partial charge in [-0.05, 0) is 23.3 Å². The van der Waals surface area contributed by atoms with Gasteiger partial charge in [-0.25, -0.2) is 8.78 Å². The lowest BCUT2D eigenvalue weighted by Gasteiger charge is -2.09. The Morgan fingerprint density at radius 3 is 2.20 bits per heavy atom. The molecule has 3 nitrogen and oxygen atoms in total. The monoisotopic (exact) mass is 276 g/mol. The van der Waals surface area contributed by atoms with E-state index >= 15 is 0 Å². The summed E-state index contributed by atoms with van der Waals surface area (Å²) in [6.07, 6.45) is 0.0150. The van der Waals surface area contributed by atoms with Crippen LogP contribution in [0.4, 0.5) is 14.5 Å². The van der Waals surface area contributed by atoms with Crippen molar-refractivity contribution in [1.82, 2.24) is 0 Å². The van der Waals surface area contributed by atoms with Crippen LogP contribution in [0.25, 0.3) is 0 Å². The fraction of sp³-hybridized carbons (Fsp3) is 0.133. The van der Waals surface area contributed by atoms with E-state index in [0.717, 1.165) is 23.3 Å². The van der Waals surface area contributed by atoms with Crippen LogP contribution in [0.3, 0.4) is 0 Å². The maximum Gasteiger partial charge on any atom is 0.228 e. The number of para-hydroxylation sites is 1. The van der Waals surface area contributed by atoms with Gasteiger partial charge in [-0.15, -0.1) is 0 Å². The van der Waals surface area contributed by atoms with Gasteiger partial charge >= 0.3 is 0 Å². The molecule has 104 valence electrons. The molecule has 2 aromatic rings. The third-order valence-corrected chi connectivity index (χ3v) is 2.92. The fourth-order valence-electron chi connectivity index (χ4n) is 1.90. The third-order valence-electron chi connectivity index (χ3n) is 2.92. The summed E-state index contributed by atoms with van der Waals surface area (Å²) >= 11 is 0. The molecule has 0 aliphatic heterocycles. The molecule has 20 heavy (non-hydrogen) atoms. The van der Waals surface area contributed by atoms with E-state index in [0.29, 0.717) is 6.54 Å². The van der Waals surface area contributed by atoms with Crippen molar-refractivity contribution in [2.45, 2.75) is 13.0 Å². The highest BCUT2D eigenvalue weighted by Crippen LogP contribution is 2.18. The first-order chi connectivity index (χ1) is 9.61. The Hall–Kier alpha value is -2.27. The molecule has 0 aromatic heterocycles. The quantitative estimate of drug-likeness (QED) is 0.902. The van der Waals surface area contributed by atoms with Crippen molar-refractivity contribution in [3.8, 4) is 0 Å². The molecule has 5 heteroatoms. The number of nitrogens with two attached hydrogens (primary N) is 1. The van der Waals surface area contributed by atoms with Gasteiger partial charge in [0.15, 0.2) is 0 Å². The van der Waals surface area contributed by atoms with Gasteiger partial charge in [0.1, 0.15) is 17.3 Å². The molecule has 0 heterocycles. The van der Waals surface area contributed by atoms with Crippen LogP contribution in [-0.2, 0) is 17.8 Å². The van der Waals surface area contributed by atoms with E-state index in [1.807, 2.05) is 12.1 Å². The summed E-state index contributed by atoms with van der Waals surface area (Å²) in [4.78, 5) is 11.9. The van der Waals surface area contributed by atoms with Crippen molar-refractivity contribution >= 4 is 11.6 Å². The number of hydrogen-bond donors (Lipinski definition) is 2. The summed E-state index contributed by atoms with van der Waals surface area (Å²) in [5.74, 6) is -2.09. The number of halogens is 2. The summed E-state index contributed by atoms with van der Waals surface area (Å²) in [6.45, 7) is 0.303. The molecular formula is C15H14F2N2O. The summed E-state index contributed by atoms with van der Waals surface area (Å²) in [5, 5.41) is 2.25. The SMILES string of the molecule is NCc1ccccc1CC(=O)Nc1c(F)cccc1F. The standard InChI is InChI=1S/C15H14F2N2O/c16-12-6-3-7-13(17)15(12)19-14(20)8-10-4-1-2-5-11(10)9-18/h1-7H,8-9,18H2,(H,19,20). The second-order valence-corrected chi connectivity index (χ2v) is 4.29. The van der Waals surface area contributed by atoms with E-state index in [1.165, 1.54) is 6.07 Å². The predicted octanol–water partition coefficient (Wildman–Crippen LogP) is 2.60. The molecule has 0 radical (unpaired) electrons. The maximum atomic E-state index is 13.4. The van der Waals surface area contributed by atoms with Gasteiger partial charge in [0.05, 0.1) is 6.42 Å². The van der Waals surface area contributed by atoms with E-state index in [-0.39, 0.29) is 6.42 Å². The zero-order valence-electron chi connectivity index (χ0n) is 10.7. The Balaban J connectivity index is 2.13. The Morgan fingerprint density at radius 2 is 1.60 bits per heavy atom. The van der Waals surface area contributed by atoms with Crippen LogP contribution in [0.1, 0.15) is 11.1 Å². The van der Waals surface area contributed by atoms with Crippen LogP contribution in [0, 0.1) is 11.6 Å². The average Bonchev–Trinajstić information content (AvgIpc) is 2.44. The number of carbonyl (C=O) groups excluding carboxylic acids is 1. The van der Waals surface area contributed by atoms with Gasteiger partial charge in [-0.1, -0.05) is 30.3 Å². The van der Waals surface area contributed by atoms with E-state index in [4.69, 9.17) is 5.73 Å². The first kappa shape index (κ1) is 14.1. The maximum absolute atomic E-state index is 13.4. The van der Waals surface area contributed by atoms with E-state index in [2.05, 4.69) is 5.32 Å².